The van der Waals surface area contributed by atoms with Crippen LogP contribution < -0.4 is 0 Å². The highest BCUT2D eigenvalue weighted by molar-refractivity contribution is 7.89. The predicted molar refractivity (Wildman–Crippen MR) is 108 cm³/mol. The fraction of sp³-hybridized carbons (Fsp3) is 0.348. The normalized spacial score (nSPS) is 17.9. The number of carbonyl (C=O) groups is 1. The Morgan fingerprint density at radius 2 is 1.56 bits per heavy atom. The third-order valence-corrected chi connectivity index (χ3v) is 6.43. The van der Waals surface area contributed by atoms with E-state index in [-0.39, 0.29) is 16.4 Å². The molecule has 0 aliphatic heterocycles. The van der Waals surface area contributed by atoms with E-state index in [0.29, 0.717) is 10.5 Å². The van der Waals surface area contributed by atoms with Crippen molar-refractivity contribution in [3.63, 3.8) is 0 Å². The first kappa shape index (κ1) is 19.4. The van der Waals surface area contributed by atoms with E-state index in [1.54, 1.807) is 12.1 Å². The third-order valence-electron chi connectivity index (χ3n) is 5.46. The smallest absolute Gasteiger partial charge is 0.335 e. The number of benzene rings is 2. The maximum Gasteiger partial charge on any atom is 0.335 e. The van der Waals surface area contributed by atoms with Crippen LogP contribution in [0.4, 0.5) is 0 Å². The van der Waals surface area contributed by atoms with Crippen LogP contribution in [-0.2, 0) is 21.6 Å². The van der Waals surface area contributed by atoms with Gasteiger partial charge in [0.2, 0.25) is 0 Å². The molecular formula is C23H24O3S. The highest BCUT2D eigenvalue weighted by Gasteiger charge is 2.37. The molecule has 4 heteroatoms. The summed E-state index contributed by atoms with van der Waals surface area (Å²) in [7, 11) is -1.43. The summed E-state index contributed by atoms with van der Waals surface area (Å²) >= 11 is 0. The number of hydrogen-bond donors (Lipinski definition) is 1. The van der Waals surface area contributed by atoms with E-state index in [4.69, 9.17) is 5.11 Å². The second-order valence-electron chi connectivity index (χ2n) is 8.35. The average Bonchev–Trinajstić information content (AvgIpc) is 2.63. The van der Waals surface area contributed by atoms with E-state index in [2.05, 4.69) is 51.0 Å². The summed E-state index contributed by atoms with van der Waals surface area (Å²) in [6.07, 6.45) is 2.24. The van der Waals surface area contributed by atoms with Crippen LogP contribution in [0.15, 0.2) is 47.4 Å². The van der Waals surface area contributed by atoms with Gasteiger partial charge in [0.05, 0.1) is 10.5 Å². The molecule has 1 aliphatic carbocycles. The van der Waals surface area contributed by atoms with E-state index in [1.165, 1.54) is 23.3 Å². The first-order valence-corrected chi connectivity index (χ1v) is 10.2. The Hall–Kier alpha value is -2.38. The lowest BCUT2D eigenvalue weighted by Gasteiger charge is -2.41. The molecule has 0 amide bonds. The lowest BCUT2D eigenvalue weighted by molar-refractivity contribution is 0.0697. The van der Waals surface area contributed by atoms with Crippen LogP contribution in [0.5, 0.6) is 0 Å². The number of hydrogen-bond acceptors (Lipinski definition) is 2. The van der Waals surface area contributed by atoms with Crippen molar-refractivity contribution >= 4 is 16.8 Å². The van der Waals surface area contributed by atoms with Crippen LogP contribution in [0.25, 0.3) is 0 Å². The molecule has 0 heterocycles. The Bertz CT molecular complexity index is 973. The van der Waals surface area contributed by atoms with Crippen molar-refractivity contribution < 1.29 is 14.1 Å². The van der Waals surface area contributed by atoms with Crippen LogP contribution in [-0.4, -0.2) is 15.3 Å². The number of carboxylic acids is 1. The molecular weight excluding hydrogens is 356 g/mol. The summed E-state index contributed by atoms with van der Waals surface area (Å²) in [5.41, 5.74) is 3.64. The van der Waals surface area contributed by atoms with Crippen LogP contribution in [0, 0.1) is 11.2 Å². The molecule has 140 valence electrons. The minimum Gasteiger partial charge on any atom is -0.478 e. The topological polar surface area (TPSA) is 54.4 Å². The highest BCUT2D eigenvalue weighted by atomic mass is 32.2. The molecule has 1 aliphatic rings. The lowest BCUT2D eigenvalue weighted by atomic mass is 9.63. The van der Waals surface area contributed by atoms with Gasteiger partial charge in [-0.15, -0.1) is 0 Å². The molecule has 0 bridgehead atoms. The molecule has 0 fully saturated rings. The first-order chi connectivity index (χ1) is 12.6. The van der Waals surface area contributed by atoms with Gasteiger partial charge in [0.25, 0.3) is 0 Å². The predicted octanol–water partition coefficient (Wildman–Crippen LogP) is 4.85. The van der Waals surface area contributed by atoms with Gasteiger partial charge in [-0.1, -0.05) is 39.7 Å². The van der Waals surface area contributed by atoms with Crippen molar-refractivity contribution in [3.8, 4) is 11.2 Å². The molecule has 2 aromatic rings. The fourth-order valence-electron chi connectivity index (χ4n) is 3.54. The van der Waals surface area contributed by atoms with E-state index in [9.17, 15) is 9.00 Å². The van der Waals surface area contributed by atoms with Gasteiger partial charge in [0, 0.05) is 10.8 Å². The van der Waals surface area contributed by atoms with E-state index in [1.807, 2.05) is 6.07 Å². The Labute approximate surface area is 163 Å². The zero-order valence-corrected chi connectivity index (χ0v) is 16.9. The van der Waals surface area contributed by atoms with Crippen molar-refractivity contribution in [2.24, 2.45) is 0 Å². The zero-order chi connectivity index (χ0) is 19.8. The Balaban J connectivity index is 1.90. The molecule has 27 heavy (non-hydrogen) atoms. The number of fused-ring (bicyclic) bond motifs is 1. The van der Waals surface area contributed by atoms with Crippen molar-refractivity contribution in [2.75, 3.05) is 0 Å². The first-order valence-electron chi connectivity index (χ1n) is 9.02. The highest BCUT2D eigenvalue weighted by Crippen LogP contribution is 2.46. The summed E-state index contributed by atoms with van der Waals surface area (Å²) in [6, 6.07) is 12.3. The summed E-state index contributed by atoms with van der Waals surface area (Å²) in [5, 5.41) is 11.7. The monoisotopic (exact) mass is 380 g/mol. The minimum absolute atomic E-state index is 0.0607. The van der Waals surface area contributed by atoms with Crippen molar-refractivity contribution in [1.29, 1.82) is 0 Å². The second kappa shape index (κ2) is 6.98. The second-order valence-corrected chi connectivity index (χ2v) is 9.57. The Kier molecular flexibility index (Phi) is 5.01. The van der Waals surface area contributed by atoms with Crippen LogP contribution >= 0.6 is 0 Å². The molecule has 1 N–H and O–H groups in total. The molecule has 0 radical (unpaired) electrons. The standard InChI is InChI=1S/C23H24O3S/c1-22(2)12-13-23(3,4)20-15-18(9-10-19(20)22)27(26)14-11-16-5-7-17(8-6-16)21(24)25/h5-10,15H,12-13H2,1-4H3,(H,24,25). The molecule has 2 aromatic carbocycles. The molecule has 3 nitrogen and oxygen atoms in total. The van der Waals surface area contributed by atoms with Crippen molar-refractivity contribution in [1.82, 2.24) is 0 Å². The van der Waals surface area contributed by atoms with Gasteiger partial charge in [-0.05, 0) is 71.2 Å². The summed E-state index contributed by atoms with van der Waals surface area (Å²) < 4.78 is 12.7. The van der Waals surface area contributed by atoms with Gasteiger partial charge in [-0.25, -0.2) is 9.00 Å². The molecule has 0 saturated heterocycles. The lowest BCUT2D eigenvalue weighted by Crippen LogP contribution is -2.33. The van der Waals surface area contributed by atoms with Crippen molar-refractivity contribution in [2.45, 2.75) is 56.3 Å². The van der Waals surface area contributed by atoms with E-state index < -0.39 is 16.8 Å². The van der Waals surface area contributed by atoms with Crippen LogP contribution in [0.2, 0.25) is 0 Å². The quantitative estimate of drug-likeness (QED) is 0.758. The zero-order valence-electron chi connectivity index (χ0n) is 16.1. The van der Waals surface area contributed by atoms with Gasteiger partial charge in [-0.3, -0.25) is 0 Å². The Morgan fingerprint density at radius 1 is 0.963 bits per heavy atom. The van der Waals surface area contributed by atoms with Gasteiger partial charge in [0.1, 0.15) is 10.8 Å². The fourth-order valence-corrected chi connectivity index (χ4v) is 4.29. The van der Waals surface area contributed by atoms with Gasteiger partial charge < -0.3 is 5.11 Å². The van der Waals surface area contributed by atoms with E-state index >= 15 is 0 Å². The maximum atomic E-state index is 12.7. The van der Waals surface area contributed by atoms with Crippen molar-refractivity contribution in [3.05, 3.63) is 64.7 Å². The van der Waals surface area contributed by atoms with Crippen LogP contribution in [0.3, 0.4) is 0 Å². The molecule has 1 atom stereocenters. The minimum atomic E-state index is -1.43. The number of rotatable bonds is 2. The molecule has 1 unspecified atom stereocenters. The molecule has 0 aromatic heterocycles. The number of carboxylic acid groups (broad SMARTS) is 1. The average molecular weight is 381 g/mol. The maximum absolute atomic E-state index is 12.7. The Morgan fingerprint density at radius 3 is 2.15 bits per heavy atom. The summed E-state index contributed by atoms with van der Waals surface area (Å²) in [6.45, 7) is 9.00. The summed E-state index contributed by atoms with van der Waals surface area (Å²) in [4.78, 5) is 11.6. The largest absolute Gasteiger partial charge is 0.478 e. The van der Waals surface area contributed by atoms with Gasteiger partial charge in [-0.2, -0.15) is 0 Å². The number of aromatic carboxylic acids is 1. The SMILES string of the molecule is CC1(C)CCC(C)(C)c2cc(S(=O)C#Cc3ccc(C(=O)O)cc3)ccc21. The summed E-state index contributed by atoms with van der Waals surface area (Å²) in [5.74, 6) is 1.91. The molecule has 0 spiro atoms. The van der Waals surface area contributed by atoms with Crippen LogP contribution in [0.1, 0.15) is 67.6 Å². The van der Waals surface area contributed by atoms with Gasteiger partial charge >= 0.3 is 5.97 Å². The third kappa shape index (κ3) is 3.99. The molecule has 3 rings (SSSR count). The van der Waals surface area contributed by atoms with Gasteiger partial charge in [0.15, 0.2) is 0 Å². The molecule has 0 saturated carbocycles. The van der Waals surface area contributed by atoms with E-state index in [0.717, 1.165) is 12.8 Å².